The molecule has 0 saturated carbocycles. The van der Waals surface area contributed by atoms with Crippen molar-refractivity contribution in [3.8, 4) is 11.8 Å². The lowest BCUT2D eigenvalue weighted by molar-refractivity contribution is 0.0962. The molecule has 0 bridgehead atoms. The monoisotopic (exact) mass is 475 g/mol. The van der Waals surface area contributed by atoms with E-state index in [1.165, 1.54) is 20.2 Å². The summed E-state index contributed by atoms with van der Waals surface area (Å²) in [6.45, 7) is 5.70. The topological polar surface area (TPSA) is 99.9 Å². The first kappa shape index (κ1) is 25.6. The molecule has 2 aromatic heterocycles. The van der Waals surface area contributed by atoms with Gasteiger partial charge in [-0.25, -0.2) is 9.37 Å². The second-order valence-corrected chi connectivity index (χ2v) is 8.73. The number of aromatic nitrogens is 2. The van der Waals surface area contributed by atoms with Crippen LogP contribution in [-0.2, 0) is 24.7 Å². The zero-order valence-electron chi connectivity index (χ0n) is 20.7. The number of benzene rings is 1. The average Bonchev–Trinajstić information content (AvgIpc) is 2.88. The van der Waals surface area contributed by atoms with Crippen LogP contribution in [0.15, 0.2) is 42.7 Å². The van der Waals surface area contributed by atoms with E-state index in [-0.39, 0.29) is 11.7 Å². The van der Waals surface area contributed by atoms with E-state index in [1.54, 1.807) is 18.5 Å². The van der Waals surface area contributed by atoms with Gasteiger partial charge in [0.15, 0.2) is 11.6 Å². The molecule has 2 N–H and O–H groups in total. The van der Waals surface area contributed by atoms with Gasteiger partial charge in [0.25, 0.3) is 5.91 Å². The number of anilines is 2. The van der Waals surface area contributed by atoms with Gasteiger partial charge >= 0.3 is 0 Å². The normalized spacial score (nSPS) is 11.0. The minimum atomic E-state index is -0.656. The van der Waals surface area contributed by atoms with Crippen molar-refractivity contribution >= 4 is 17.4 Å². The largest absolute Gasteiger partial charge is 0.494 e. The Balaban J connectivity index is 1.77. The van der Waals surface area contributed by atoms with Crippen LogP contribution in [0.5, 0.6) is 5.75 Å². The van der Waals surface area contributed by atoms with Gasteiger partial charge < -0.3 is 15.4 Å². The molecule has 0 radical (unpaired) electrons. The van der Waals surface area contributed by atoms with Crippen molar-refractivity contribution in [3.05, 3.63) is 76.5 Å². The van der Waals surface area contributed by atoms with Crippen molar-refractivity contribution < 1.29 is 13.9 Å². The van der Waals surface area contributed by atoms with Gasteiger partial charge in [0.05, 0.1) is 36.2 Å². The molecular weight excluding hydrogens is 445 g/mol. The van der Waals surface area contributed by atoms with Crippen LogP contribution >= 0.6 is 0 Å². The molecule has 7 nitrogen and oxygen atoms in total. The Morgan fingerprint density at radius 1 is 1.14 bits per heavy atom. The maximum absolute atomic E-state index is 14.8. The standard InChI is InChI=1S/C27H30FN5O2/c1-6-18-11-17(7-8-19-12-20(26(34)30-4)13-22(35-5)24(19)28)14-32-25(18)33-21-9-10-23(31-15-21)27(2,3)16-29/h9-15H,6-8H2,1-5H3,(H,30,34)(H,32,33). The minimum absolute atomic E-state index is 0.0470. The summed E-state index contributed by atoms with van der Waals surface area (Å²) < 4.78 is 19.9. The van der Waals surface area contributed by atoms with Gasteiger partial charge in [-0.1, -0.05) is 13.0 Å². The Kier molecular flexibility index (Phi) is 8.02. The van der Waals surface area contributed by atoms with Crippen LogP contribution in [0.25, 0.3) is 0 Å². The smallest absolute Gasteiger partial charge is 0.251 e. The fourth-order valence-corrected chi connectivity index (χ4v) is 3.65. The molecule has 3 rings (SSSR count). The van der Waals surface area contributed by atoms with E-state index in [0.717, 1.165) is 29.1 Å². The van der Waals surface area contributed by atoms with Crippen molar-refractivity contribution in [1.29, 1.82) is 5.26 Å². The van der Waals surface area contributed by atoms with Crippen molar-refractivity contribution in [2.45, 2.75) is 45.4 Å². The average molecular weight is 476 g/mol. The molecule has 0 saturated heterocycles. The van der Waals surface area contributed by atoms with E-state index in [2.05, 4.69) is 26.7 Å². The van der Waals surface area contributed by atoms with E-state index >= 15 is 0 Å². The number of nitrogens with zero attached hydrogens (tertiary/aromatic N) is 3. The molecular formula is C27H30FN5O2. The van der Waals surface area contributed by atoms with Crippen molar-refractivity contribution in [1.82, 2.24) is 15.3 Å². The molecule has 1 amide bonds. The summed E-state index contributed by atoms with van der Waals surface area (Å²) in [6.07, 6.45) is 5.16. The number of carbonyl (C=O) groups excluding carboxylic acids is 1. The number of halogens is 1. The molecule has 8 heteroatoms. The SMILES string of the molecule is CCc1cc(CCc2cc(C(=O)NC)cc(OC)c2F)cnc1Nc1ccc(C(C)(C)C#N)nc1. The lowest BCUT2D eigenvalue weighted by Crippen LogP contribution is -2.18. The van der Waals surface area contributed by atoms with Gasteiger partial charge in [-0.05, 0) is 74.1 Å². The van der Waals surface area contributed by atoms with Crippen LogP contribution in [0, 0.1) is 17.1 Å². The van der Waals surface area contributed by atoms with Gasteiger partial charge in [0, 0.05) is 18.8 Å². The molecule has 0 aliphatic rings. The number of nitrogens with one attached hydrogen (secondary N) is 2. The highest BCUT2D eigenvalue weighted by Gasteiger charge is 2.21. The van der Waals surface area contributed by atoms with Gasteiger partial charge in [-0.3, -0.25) is 9.78 Å². The van der Waals surface area contributed by atoms with Gasteiger partial charge in [-0.2, -0.15) is 5.26 Å². The zero-order chi connectivity index (χ0) is 25.6. The number of nitriles is 1. The number of methoxy groups -OCH3 is 1. The predicted molar refractivity (Wildman–Crippen MR) is 134 cm³/mol. The highest BCUT2D eigenvalue weighted by molar-refractivity contribution is 5.94. The molecule has 0 aliphatic heterocycles. The van der Waals surface area contributed by atoms with Gasteiger partial charge in [-0.15, -0.1) is 0 Å². The zero-order valence-corrected chi connectivity index (χ0v) is 20.7. The van der Waals surface area contributed by atoms with E-state index in [4.69, 9.17) is 4.74 Å². The Morgan fingerprint density at radius 3 is 2.51 bits per heavy atom. The third kappa shape index (κ3) is 5.93. The number of ether oxygens (including phenoxy) is 1. The lowest BCUT2D eigenvalue weighted by Gasteiger charge is -2.16. The molecule has 182 valence electrons. The Labute approximate surface area is 205 Å². The van der Waals surface area contributed by atoms with E-state index < -0.39 is 11.2 Å². The maximum atomic E-state index is 14.8. The third-order valence-corrected chi connectivity index (χ3v) is 5.86. The van der Waals surface area contributed by atoms with Crippen LogP contribution in [0.3, 0.4) is 0 Å². The highest BCUT2D eigenvalue weighted by Crippen LogP contribution is 2.26. The van der Waals surface area contributed by atoms with E-state index in [9.17, 15) is 14.4 Å². The first-order chi connectivity index (χ1) is 16.7. The summed E-state index contributed by atoms with van der Waals surface area (Å²) in [7, 11) is 2.91. The van der Waals surface area contributed by atoms with Crippen LogP contribution in [-0.4, -0.2) is 30.0 Å². The molecule has 1 aromatic carbocycles. The van der Waals surface area contributed by atoms with E-state index in [0.29, 0.717) is 29.7 Å². The maximum Gasteiger partial charge on any atom is 0.251 e. The first-order valence-electron chi connectivity index (χ1n) is 11.4. The number of carbonyl (C=O) groups is 1. The second kappa shape index (κ2) is 11.0. The molecule has 0 unspecified atom stereocenters. The van der Waals surface area contributed by atoms with Crippen LogP contribution < -0.4 is 15.4 Å². The van der Waals surface area contributed by atoms with Crippen LogP contribution in [0.4, 0.5) is 15.9 Å². The molecule has 0 aliphatic carbocycles. The third-order valence-electron chi connectivity index (χ3n) is 5.86. The van der Waals surface area contributed by atoms with Crippen molar-refractivity contribution in [2.75, 3.05) is 19.5 Å². The summed E-state index contributed by atoms with van der Waals surface area (Å²) in [5, 5.41) is 15.1. The van der Waals surface area contributed by atoms with E-state index in [1.807, 2.05) is 39.0 Å². The lowest BCUT2D eigenvalue weighted by atomic mass is 9.91. The molecule has 3 aromatic rings. The number of hydrogen-bond acceptors (Lipinski definition) is 6. The van der Waals surface area contributed by atoms with Gasteiger partial charge in [0.2, 0.25) is 0 Å². The predicted octanol–water partition coefficient (Wildman–Crippen LogP) is 4.88. The quantitative estimate of drug-likeness (QED) is 0.458. The Morgan fingerprint density at radius 2 is 1.91 bits per heavy atom. The number of rotatable bonds is 9. The summed E-state index contributed by atoms with van der Waals surface area (Å²) in [4.78, 5) is 21.0. The molecule has 0 spiro atoms. The Hall–Kier alpha value is -3.99. The molecule has 35 heavy (non-hydrogen) atoms. The summed E-state index contributed by atoms with van der Waals surface area (Å²) in [5.41, 5.74) is 3.56. The number of aryl methyl sites for hydroxylation is 3. The first-order valence-corrected chi connectivity index (χ1v) is 11.4. The summed E-state index contributed by atoms with van der Waals surface area (Å²) in [5.74, 6) is 0.0110. The van der Waals surface area contributed by atoms with Crippen molar-refractivity contribution in [3.63, 3.8) is 0 Å². The van der Waals surface area contributed by atoms with Crippen molar-refractivity contribution in [2.24, 2.45) is 0 Å². The highest BCUT2D eigenvalue weighted by atomic mass is 19.1. The Bertz CT molecular complexity index is 1250. The summed E-state index contributed by atoms with van der Waals surface area (Å²) in [6, 6.07) is 11.0. The van der Waals surface area contributed by atoms with Crippen LogP contribution in [0.2, 0.25) is 0 Å². The summed E-state index contributed by atoms with van der Waals surface area (Å²) >= 11 is 0. The number of pyridine rings is 2. The fraction of sp³-hybridized carbons (Fsp3) is 0.333. The fourth-order valence-electron chi connectivity index (χ4n) is 3.65. The molecule has 0 atom stereocenters. The van der Waals surface area contributed by atoms with Gasteiger partial charge in [0.1, 0.15) is 5.82 Å². The molecule has 0 fully saturated rings. The number of amides is 1. The second-order valence-electron chi connectivity index (χ2n) is 8.73. The number of hydrogen-bond donors (Lipinski definition) is 2. The van der Waals surface area contributed by atoms with Crippen LogP contribution in [0.1, 0.15) is 53.5 Å². The minimum Gasteiger partial charge on any atom is -0.494 e. The molecule has 2 heterocycles.